The van der Waals surface area contributed by atoms with Gasteiger partial charge in [0.05, 0.1) is 12.1 Å². The fourth-order valence-electron chi connectivity index (χ4n) is 5.13. The van der Waals surface area contributed by atoms with Gasteiger partial charge in [-0.05, 0) is 38.7 Å². The van der Waals surface area contributed by atoms with Crippen molar-refractivity contribution in [2.75, 3.05) is 6.54 Å². The van der Waals surface area contributed by atoms with Gasteiger partial charge in [-0.2, -0.15) is 0 Å². The number of aromatic amines is 1. The van der Waals surface area contributed by atoms with Crippen LogP contribution in [0.2, 0.25) is 0 Å². The molecule has 5 rings (SSSR count). The van der Waals surface area contributed by atoms with Gasteiger partial charge >= 0.3 is 5.69 Å². The second-order valence-corrected chi connectivity index (χ2v) is 10.5. The van der Waals surface area contributed by atoms with Crippen LogP contribution in [0.3, 0.4) is 0 Å². The Bertz CT molecular complexity index is 1130. The molecule has 3 fully saturated rings. The van der Waals surface area contributed by atoms with Gasteiger partial charge in [-0.15, -0.1) is 0 Å². The van der Waals surface area contributed by atoms with E-state index in [-0.39, 0.29) is 6.04 Å². The molecule has 0 spiro atoms. The molecule has 1 N–H and O–H groups in total. The van der Waals surface area contributed by atoms with Gasteiger partial charge in [0, 0.05) is 18.3 Å². The third-order valence-corrected chi connectivity index (χ3v) is 8.84. The number of alkyl halides is 1. The van der Waals surface area contributed by atoms with Crippen LogP contribution in [0, 0.1) is 6.92 Å². The third kappa shape index (κ3) is 3.80. The average Bonchev–Trinajstić information content (AvgIpc) is 3.48. The molecule has 1 aromatic carbocycles. The molecule has 1 unspecified atom stereocenters. The van der Waals surface area contributed by atoms with Crippen molar-refractivity contribution in [3.63, 3.8) is 0 Å². The number of nitrogens with one attached hydrogen (secondary N) is 1. The maximum Gasteiger partial charge on any atom is 0.330 e. The van der Waals surface area contributed by atoms with E-state index in [9.17, 15) is 9.59 Å². The van der Waals surface area contributed by atoms with E-state index in [1.807, 2.05) is 25.1 Å². The normalized spacial score (nSPS) is 36.4. The second-order valence-electron chi connectivity index (χ2n) is 9.09. The summed E-state index contributed by atoms with van der Waals surface area (Å²) >= 11 is 0. The lowest BCUT2D eigenvalue weighted by atomic mass is 9.87. The molecule has 2 aromatic rings. The summed E-state index contributed by atoms with van der Waals surface area (Å²) in [5.41, 5.74) is -0.344. The number of aromatic nitrogens is 2. The minimum Gasteiger partial charge on any atom is -0.349 e. The summed E-state index contributed by atoms with van der Waals surface area (Å²) in [6, 6.07) is 10.2. The predicted molar refractivity (Wildman–Crippen MR) is 122 cm³/mol. The molecule has 0 saturated carbocycles. The smallest absolute Gasteiger partial charge is 0.330 e. The van der Waals surface area contributed by atoms with E-state index < -0.39 is 50.0 Å². The van der Waals surface area contributed by atoms with E-state index >= 15 is 4.39 Å². The van der Waals surface area contributed by atoms with Crippen LogP contribution in [0.1, 0.15) is 50.5 Å². The van der Waals surface area contributed by atoms with Gasteiger partial charge in [0.15, 0.2) is 12.4 Å². The lowest BCUT2D eigenvalue weighted by Crippen LogP contribution is -2.37. The Morgan fingerprint density at radius 2 is 2.06 bits per heavy atom. The zero-order valence-corrected chi connectivity index (χ0v) is 19.8. The van der Waals surface area contributed by atoms with Crippen molar-refractivity contribution in [1.82, 2.24) is 14.2 Å². The number of H-pyrrole nitrogens is 1. The summed E-state index contributed by atoms with van der Waals surface area (Å²) in [6.45, 7) is 6.38. The van der Waals surface area contributed by atoms with Gasteiger partial charge < -0.3 is 13.8 Å². The highest BCUT2D eigenvalue weighted by Crippen LogP contribution is 2.64. The fourth-order valence-corrected chi connectivity index (χ4v) is 7.28. The number of nitrogens with zero attached hydrogens (tertiary/aromatic N) is 2. The molecule has 7 atom stereocenters. The van der Waals surface area contributed by atoms with Crippen LogP contribution >= 0.6 is 8.53 Å². The Hall–Kier alpha value is -1.90. The molecule has 0 radical (unpaired) electrons. The number of aryl methyl sites for hydroxylation is 1. The predicted octanol–water partition coefficient (Wildman–Crippen LogP) is 3.51. The van der Waals surface area contributed by atoms with Crippen LogP contribution in [0.25, 0.3) is 0 Å². The summed E-state index contributed by atoms with van der Waals surface area (Å²) in [5, 5.41) is 0. The number of fused-ring (bicyclic) bond motifs is 1. The Morgan fingerprint density at radius 3 is 2.79 bits per heavy atom. The molecule has 3 saturated heterocycles. The molecule has 4 heterocycles. The number of rotatable bonds is 5. The SMILES string of the molecule is CC[C@H]1O[C@@H](n2cc(C)c(=O)[nH]c2=O)C(F)[C@H]1O[P@@]1O[C@](C)(c2ccccc2)[C@@H]2CCCN21. The highest BCUT2D eigenvalue weighted by Gasteiger charge is 2.57. The first-order chi connectivity index (χ1) is 15.8. The summed E-state index contributed by atoms with van der Waals surface area (Å²) in [5.74, 6) is 0. The molecule has 3 aliphatic heterocycles. The molecular weight excluding hydrogens is 448 g/mol. The minimum atomic E-state index is -1.59. The number of ether oxygens (including phenoxy) is 1. The molecule has 178 valence electrons. The number of benzene rings is 1. The van der Waals surface area contributed by atoms with E-state index in [0.717, 1.165) is 29.5 Å². The van der Waals surface area contributed by atoms with Gasteiger partial charge in [0.25, 0.3) is 14.1 Å². The number of halogens is 1. The summed E-state index contributed by atoms with van der Waals surface area (Å²) < 4.78 is 37.9. The minimum absolute atomic E-state index is 0.159. The van der Waals surface area contributed by atoms with Gasteiger partial charge in [0.2, 0.25) is 0 Å². The van der Waals surface area contributed by atoms with Crippen molar-refractivity contribution < 1.29 is 18.2 Å². The standard InChI is InChI=1S/C23H29FN3O5P/c1-4-16-19(18(24)21(30-16)26-13-14(2)20(28)25-22(26)29)31-33-27-12-8-11-17(27)23(3,32-33)15-9-6-5-7-10-15/h5-7,9-10,13,16-19,21H,4,8,11-12H2,1-3H3,(H,25,28,29)/t16-,17+,18?,19+,21-,23-,33+/m1/s1. The van der Waals surface area contributed by atoms with E-state index in [1.54, 1.807) is 6.92 Å². The topological polar surface area (TPSA) is 85.8 Å². The van der Waals surface area contributed by atoms with Crippen LogP contribution in [0.5, 0.6) is 0 Å². The van der Waals surface area contributed by atoms with Gasteiger partial charge in [-0.25, -0.2) is 13.9 Å². The molecule has 0 bridgehead atoms. The third-order valence-electron chi connectivity index (χ3n) is 6.99. The van der Waals surface area contributed by atoms with E-state index in [4.69, 9.17) is 13.8 Å². The van der Waals surface area contributed by atoms with Crippen molar-refractivity contribution in [2.24, 2.45) is 0 Å². The average molecular weight is 477 g/mol. The monoisotopic (exact) mass is 477 g/mol. The van der Waals surface area contributed by atoms with Crippen LogP contribution in [-0.4, -0.2) is 45.2 Å². The number of hydrogen-bond acceptors (Lipinski definition) is 6. The second kappa shape index (κ2) is 8.71. The van der Waals surface area contributed by atoms with Gasteiger partial charge in [0.1, 0.15) is 11.7 Å². The highest BCUT2D eigenvalue weighted by atomic mass is 31.2. The van der Waals surface area contributed by atoms with Crippen molar-refractivity contribution in [3.05, 3.63) is 68.5 Å². The zero-order valence-electron chi connectivity index (χ0n) is 18.9. The fraction of sp³-hybridized carbons (Fsp3) is 0.565. The highest BCUT2D eigenvalue weighted by molar-refractivity contribution is 7.45. The lowest BCUT2D eigenvalue weighted by molar-refractivity contribution is -0.0273. The summed E-state index contributed by atoms with van der Waals surface area (Å²) in [4.78, 5) is 26.3. The molecule has 0 aliphatic carbocycles. The lowest BCUT2D eigenvalue weighted by Gasteiger charge is -2.29. The Kier molecular flexibility index (Phi) is 6.04. The number of hydrogen-bond donors (Lipinski definition) is 1. The van der Waals surface area contributed by atoms with Crippen LogP contribution < -0.4 is 11.2 Å². The summed E-state index contributed by atoms with van der Waals surface area (Å²) in [7, 11) is -1.51. The van der Waals surface area contributed by atoms with Crippen LogP contribution in [0.15, 0.2) is 46.1 Å². The Balaban J connectivity index is 1.41. The Labute approximate surface area is 192 Å². The molecule has 10 heteroatoms. The maximum atomic E-state index is 15.7. The van der Waals surface area contributed by atoms with Crippen LogP contribution in [-0.2, 0) is 19.4 Å². The molecule has 0 amide bonds. The quantitative estimate of drug-likeness (QED) is 0.664. The van der Waals surface area contributed by atoms with Crippen LogP contribution in [0.4, 0.5) is 4.39 Å². The van der Waals surface area contributed by atoms with E-state index in [2.05, 4.69) is 28.7 Å². The molecule has 8 nitrogen and oxygen atoms in total. The van der Waals surface area contributed by atoms with E-state index in [1.165, 1.54) is 6.20 Å². The zero-order chi connectivity index (χ0) is 23.3. The van der Waals surface area contributed by atoms with Gasteiger partial charge in [-0.3, -0.25) is 14.3 Å². The first kappa shape index (κ1) is 22.9. The molecule has 1 aromatic heterocycles. The van der Waals surface area contributed by atoms with Crippen molar-refractivity contribution >= 4 is 8.53 Å². The first-order valence-corrected chi connectivity index (χ1v) is 12.6. The maximum absolute atomic E-state index is 15.7. The molecule has 33 heavy (non-hydrogen) atoms. The van der Waals surface area contributed by atoms with Crippen molar-refractivity contribution in [3.8, 4) is 0 Å². The Morgan fingerprint density at radius 1 is 1.30 bits per heavy atom. The largest absolute Gasteiger partial charge is 0.349 e. The van der Waals surface area contributed by atoms with Gasteiger partial charge in [-0.1, -0.05) is 37.3 Å². The van der Waals surface area contributed by atoms with Crippen molar-refractivity contribution in [2.45, 2.75) is 76.3 Å². The summed E-state index contributed by atoms with van der Waals surface area (Å²) in [6.07, 6.45) is -0.312. The molecule has 3 aliphatic rings. The van der Waals surface area contributed by atoms with E-state index in [0.29, 0.717) is 12.0 Å². The first-order valence-electron chi connectivity index (χ1n) is 11.4. The molecular formula is C23H29FN3O5P. The van der Waals surface area contributed by atoms with Crippen molar-refractivity contribution in [1.29, 1.82) is 0 Å².